The van der Waals surface area contributed by atoms with Crippen LogP contribution in [0.15, 0.2) is 48.0 Å². The Morgan fingerprint density at radius 3 is 2.71 bits per heavy atom. The molecule has 0 heterocycles. The van der Waals surface area contributed by atoms with E-state index in [1.165, 1.54) is 25.7 Å². The zero-order valence-corrected chi connectivity index (χ0v) is 17.8. The number of methoxy groups -OCH3 is 1. The van der Waals surface area contributed by atoms with Crippen molar-refractivity contribution < 1.29 is 9.47 Å². The second-order valence-corrected chi connectivity index (χ2v) is 7.85. The van der Waals surface area contributed by atoms with Gasteiger partial charge in [-0.05, 0) is 56.8 Å². The molecule has 0 spiro atoms. The summed E-state index contributed by atoms with van der Waals surface area (Å²) >= 11 is 12.2. The first-order valence-electron chi connectivity index (χ1n) is 9.78. The number of hydrogen-bond acceptors (Lipinski definition) is 3. The molecule has 0 aliphatic heterocycles. The van der Waals surface area contributed by atoms with Crippen LogP contribution < -0.4 is 14.8 Å². The van der Waals surface area contributed by atoms with E-state index >= 15 is 0 Å². The van der Waals surface area contributed by atoms with Crippen LogP contribution in [-0.4, -0.2) is 13.7 Å². The van der Waals surface area contributed by atoms with E-state index in [9.17, 15) is 0 Å². The Hall–Kier alpha value is -1.68. The van der Waals surface area contributed by atoms with E-state index in [2.05, 4.69) is 17.5 Å². The Bertz CT molecular complexity index is 820. The molecule has 0 unspecified atom stereocenters. The fourth-order valence-electron chi connectivity index (χ4n) is 3.42. The Morgan fingerprint density at radius 2 is 1.96 bits per heavy atom. The molecule has 1 aliphatic carbocycles. The van der Waals surface area contributed by atoms with Gasteiger partial charge in [-0.1, -0.05) is 53.1 Å². The number of benzene rings is 2. The molecule has 1 aliphatic rings. The van der Waals surface area contributed by atoms with Gasteiger partial charge < -0.3 is 14.8 Å². The summed E-state index contributed by atoms with van der Waals surface area (Å²) in [5, 5.41) is 4.75. The van der Waals surface area contributed by atoms with E-state index < -0.39 is 0 Å². The van der Waals surface area contributed by atoms with Gasteiger partial charge in [0.15, 0.2) is 11.5 Å². The highest BCUT2D eigenvalue weighted by molar-refractivity contribution is 6.35. The average Bonchev–Trinajstić information content (AvgIpc) is 2.71. The van der Waals surface area contributed by atoms with Crippen molar-refractivity contribution in [2.75, 3.05) is 13.7 Å². The quantitative estimate of drug-likeness (QED) is 0.368. The van der Waals surface area contributed by atoms with Crippen molar-refractivity contribution in [3.05, 3.63) is 69.2 Å². The van der Waals surface area contributed by atoms with Crippen molar-refractivity contribution in [1.82, 2.24) is 5.32 Å². The van der Waals surface area contributed by atoms with E-state index in [0.717, 1.165) is 42.1 Å². The molecule has 0 atom stereocenters. The summed E-state index contributed by atoms with van der Waals surface area (Å²) in [5.41, 5.74) is 3.54. The first-order chi connectivity index (χ1) is 13.7. The Labute approximate surface area is 177 Å². The molecule has 28 heavy (non-hydrogen) atoms. The summed E-state index contributed by atoms with van der Waals surface area (Å²) in [7, 11) is 1.66. The van der Waals surface area contributed by atoms with Crippen LogP contribution in [-0.2, 0) is 13.2 Å². The van der Waals surface area contributed by atoms with Crippen LogP contribution in [0.1, 0.15) is 43.2 Å². The van der Waals surface area contributed by atoms with Gasteiger partial charge in [-0.3, -0.25) is 0 Å². The summed E-state index contributed by atoms with van der Waals surface area (Å²) in [5.74, 6) is 1.47. The van der Waals surface area contributed by atoms with Crippen molar-refractivity contribution in [2.24, 2.45) is 0 Å². The molecule has 3 rings (SSSR count). The summed E-state index contributed by atoms with van der Waals surface area (Å²) in [6.45, 7) is 2.05. The number of para-hydroxylation sites is 1. The lowest BCUT2D eigenvalue weighted by molar-refractivity contribution is 0.280. The second-order valence-electron chi connectivity index (χ2n) is 7.01. The largest absolute Gasteiger partial charge is 0.493 e. The first kappa shape index (κ1) is 21.0. The van der Waals surface area contributed by atoms with Crippen molar-refractivity contribution in [3.63, 3.8) is 0 Å². The van der Waals surface area contributed by atoms with Crippen molar-refractivity contribution >= 4 is 23.2 Å². The fourth-order valence-corrected chi connectivity index (χ4v) is 3.88. The maximum atomic E-state index is 6.27. The molecule has 150 valence electrons. The number of ether oxygens (including phenoxy) is 2. The minimum Gasteiger partial charge on any atom is -0.493 e. The topological polar surface area (TPSA) is 30.5 Å². The number of hydrogen-bond donors (Lipinski definition) is 1. The third kappa shape index (κ3) is 5.91. The second kappa shape index (κ2) is 10.8. The van der Waals surface area contributed by atoms with Crippen molar-refractivity contribution in [1.29, 1.82) is 0 Å². The molecule has 2 aromatic carbocycles. The van der Waals surface area contributed by atoms with Gasteiger partial charge in [0, 0.05) is 27.7 Å². The van der Waals surface area contributed by atoms with Crippen LogP contribution in [0, 0.1) is 0 Å². The van der Waals surface area contributed by atoms with Gasteiger partial charge >= 0.3 is 0 Å². The standard InChI is InChI=1S/C23H27Cl2NO2/c1-27-22-9-5-8-18(15-26-13-12-17-6-3-2-4-7-17)23(22)28-16-19-10-11-20(24)14-21(19)25/h5-6,8-11,14,26H,2-4,7,12-13,15-16H2,1H3. The van der Waals surface area contributed by atoms with E-state index in [1.807, 2.05) is 24.3 Å². The zero-order valence-electron chi connectivity index (χ0n) is 16.3. The highest BCUT2D eigenvalue weighted by atomic mass is 35.5. The molecule has 0 amide bonds. The Balaban J connectivity index is 1.61. The van der Waals surface area contributed by atoms with Crippen LogP contribution in [0.5, 0.6) is 11.5 Å². The maximum Gasteiger partial charge on any atom is 0.166 e. The fraction of sp³-hybridized carbons (Fsp3) is 0.391. The maximum absolute atomic E-state index is 6.27. The lowest BCUT2D eigenvalue weighted by Gasteiger charge is -2.17. The number of rotatable bonds is 9. The van der Waals surface area contributed by atoms with Gasteiger partial charge in [0.05, 0.1) is 7.11 Å². The zero-order chi connectivity index (χ0) is 19.8. The number of allylic oxidation sites excluding steroid dienone is 1. The Morgan fingerprint density at radius 1 is 1.07 bits per heavy atom. The Kier molecular flexibility index (Phi) is 8.08. The molecular formula is C23H27Cl2NO2. The molecule has 0 fully saturated rings. The van der Waals surface area contributed by atoms with Gasteiger partial charge in [-0.25, -0.2) is 0 Å². The van der Waals surface area contributed by atoms with Gasteiger partial charge in [-0.2, -0.15) is 0 Å². The van der Waals surface area contributed by atoms with Crippen LogP contribution in [0.2, 0.25) is 10.0 Å². The van der Waals surface area contributed by atoms with Gasteiger partial charge in [0.25, 0.3) is 0 Å². The minimum atomic E-state index is 0.357. The summed E-state index contributed by atoms with van der Waals surface area (Å²) in [4.78, 5) is 0. The summed E-state index contributed by atoms with van der Waals surface area (Å²) in [6, 6.07) is 11.4. The highest BCUT2D eigenvalue weighted by Gasteiger charge is 2.12. The van der Waals surface area contributed by atoms with Gasteiger partial charge in [-0.15, -0.1) is 0 Å². The smallest absolute Gasteiger partial charge is 0.166 e. The van der Waals surface area contributed by atoms with Gasteiger partial charge in [0.2, 0.25) is 0 Å². The van der Waals surface area contributed by atoms with E-state index in [1.54, 1.807) is 18.7 Å². The molecular weight excluding hydrogens is 393 g/mol. The van der Waals surface area contributed by atoms with Crippen LogP contribution in [0.3, 0.4) is 0 Å². The molecule has 0 radical (unpaired) electrons. The normalized spacial score (nSPS) is 13.9. The van der Waals surface area contributed by atoms with Gasteiger partial charge in [0.1, 0.15) is 6.61 Å². The molecule has 0 saturated carbocycles. The third-order valence-corrected chi connectivity index (χ3v) is 5.58. The first-order valence-corrected chi connectivity index (χ1v) is 10.5. The lowest BCUT2D eigenvalue weighted by atomic mass is 9.97. The minimum absolute atomic E-state index is 0.357. The molecule has 0 aromatic heterocycles. The lowest BCUT2D eigenvalue weighted by Crippen LogP contribution is -2.16. The molecule has 0 saturated heterocycles. The highest BCUT2D eigenvalue weighted by Crippen LogP contribution is 2.33. The SMILES string of the molecule is COc1cccc(CNCCC2=CCCCC2)c1OCc1ccc(Cl)cc1Cl. The summed E-state index contributed by atoms with van der Waals surface area (Å²) < 4.78 is 11.6. The van der Waals surface area contributed by atoms with Crippen LogP contribution >= 0.6 is 23.2 Å². The van der Waals surface area contributed by atoms with Crippen molar-refractivity contribution in [2.45, 2.75) is 45.3 Å². The third-order valence-electron chi connectivity index (χ3n) is 4.99. The summed E-state index contributed by atoms with van der Waals surface area (Å²) in [6.07, 6.45) is 8.65. The predicted octanol–water partition coefficient (Wildman–Crippen LogP) is 6.56. The van der Waals surface area contributed by atoms with E-state index in [-0.39, 0.29) is 0 Å². The molecule has 0 bridgehead atoms. The predicted molar refractivity (Wildman–Crippen MR) is 117 cm³/mol. The molecule has 5 heteroatoms. The monoisotopic (exact) mass is 419 g/mol. The van der Waals surface area contributed by atoms with Crippen molar-refractivity contribution in [3.8, 4) is 11.5 Å². The number of nitrogens with one attached hydrogen (secondary N) is 1. The van der Waals surface area contributed by atoms with E-state index in [0.29, 0.717) is 16.7 Å². The average molecular weight is 420 g/mol. The number of halogens is 2. The molecule has 1 N–H and O–H groups in total. The van der Waals surface area contributed by atoms with Crippen LogP contribution in [0.25, 0.3) is 0 Å². The van der Waals surface area contributed by atoms with E-state index in [4.69, 9.17) is 32.7 Å². The molecule has 2 aromatic rings. The molecule has 3 nitrogen and oxygen atoms in total. The van der Waals surface area contributed by atoms with Crippen LogP contribution in [0.4, 0.5) is 0 Å².